The molecule has 2 aliphatic heterocycles. The molecular weight excluding hydrogens is 740 g/mol. The van der Waals surface area contributed by atoms with E-state index >= 15 is 0 Å². The first-order valence-corrected chi connectivity index (χ1v) is 16.9. The number of carbonyl (C=O) groups excluding carboxylic acids is 2. The van der Waals surface area contributed by atoms with Crippen LogP contribution >= 0.6 is 0 Å². The zero-order chi connectivity index (χ0) is 38.4. The predicted molar refractivity (Wildman–Crippen MR) is 162 cm³/mol. The second kappa shape index (κ2) is 13.9. The van der Waals surface area contributed by atoms with Crippen molar-refractivity contribution in [1.82, 2.24) is 14.7 Å². The number of amides is 3. The van der Waals surface area contributed by atoms with Crippen LogP contribution in [0.4, 0.5) is 48.7 Å². The molecule has 2 aliphatic rings. The highest BCUT2D eigenvalue weighted by atomic mass is 32.2. The van der Waals surface area contributed by atoms with Crippen molar-refractivity contribution in [3.8, 4) is 0 Å². The van der Waals surface area contributed by atoms with Crippen molar-refractivity contribution in [2.45, 2.75) is 47.5 Å². The summed E-state index contributed by atoms with van der Waals surface area (Å²) in [6.07, 6.45) is -13.0. The van der Waals surface area contributed by atoms with Gasteiger partial charge in [-0.3, -0.25) is 4.79 Å². The average molecular weight is 770 g/mol. The largest absolute Gasteiger partial charge is 0.430 e. The zero-order valence-electron chi connectivity index (χ0n) is 27.0. The highest BCUT2D eigenvalue weighted by Gasteiger charge is 2.73. The summed E-state index contributed by atoms with van der Waals surface area (Å²) in [5.41, 5.74) is -8.60. The molecule has 0 aliphatic carbocycles. The maximum atomic E-state index is 14.5. The fraction of sp³-hybridized carbons (Fsp3) is 0.394. The third-order valence-electron chi connectivity index (χ3n) is 9.29. The zero-order valence-corrected chi connectivity index (χ0v) is 27.8. The van der Waals surface area contributed by atoms with Gasteiger partial charge in [0.1, 0.15) is 28.0 Å². The third kappa shape index (κ3) is 6.79. The molecular formula is C33H29F10N3O5S. The molecule has 3 amide bonds. The molecule has 282 valence electrons. The Kier molecular flexibility index (Phi) is 10.4. The molecule has 0 radical (unpaired) electrons. The molecule has 5 rings (SSSR count). The van der Waals surface area contributed by atoms with Crippen molar-refractivity contribution < 1.29 is 66.6 Å². The van der Waals surface area contributed by atoms with Gasteiger partial charge in [-0.1, -0.05) is 24.3 Å². The van der Waals surface area contributed by atoms with E-state index in [0.717, 1.165) is 29.2 Å². The van der Waals surface area contributed by atoms with Crippen LogP contribution in [-0.2, 0) is 36.3 Å². The number of urea groups is 1. The molecule has 3 aromatic carbocycles. The van der Waals surface area contributed by atoms with Crippen molar-refractivity contribution in [3.63, 3.8) is 0 Å². The lowest BCUT2D eigenvalue weighted by molar-refractivity contribution is -0.392. The number of piperazine rings is 1. The van der Waals surface area contributed by atoms with E-state index in [-0.39, 0.29) is 62.7 Å². The van der Waals surface area contributed by atoms with Crippen molar-refractivity contribution in [3.05, 3.63) is 101 Å². The van der Waals surface area contributed by atoms with Crippen molar-refractivity contribution in [2.24, 2.45) is 0 Å². The Morgan fingerprint density at radius 3 is 1.75 bits per heavy atom. The molecule has 3 aromatic rings. The van der Waals surface area contributed by atoms with Crippen LogP contribution in [-0.4, -0.2) is 86.7 Å². The number of rotatable bonds is 7. The third-order valence-corrected chi connectivity index (χ3v) is 11.8. The topological polar surface area (TPSA) is 87.2 Å². The lowest BCUT2D eigenvalue weighted by atomic mass is 9.88. The minimum absolute atomic E-state index is 0.0438. The molecule has 0 N–H and O–H groups in total. The fourth-order valence-electron chi connectivity index (χ4n) is 6.44. The lowest BCUT2D eigenvalue weighted by Crippen LogP contribution is -2.56. The number of hydrogen-bond donors (Lipinski definition) is 0. The Morgan fingerprint density at radius 2 is 1.25 bits per heavy atom. The van der Waals surface area contributed by atoms with Crippen molar-refractivity contribution in [2.75, 3.05) is 39.3 Å². The quantitative estimate of drug-likeness (QED) is 0.204. The molecule has 0 saturated carbocycles. The van der Waals surface area contributed by atoms with E-state index in [0.29, 0.717) is 24.3 Å². The minimum atomic E-state index is -6.32. The van der Waals surface area contributed by atoms with Crippen LogP contribution in [0.1, 0.15) is 30.0 Å². The maximum absolute atomic E-state index is 14.5. The summed E-state index contributed by atoms with van der Waals surface area (Å²) in [5.74, 6) is -6.12. The summed E-state index contributed by atoms with van der Waals surface area (Å²) in [7, 11) is -4.67. The second-order valence-corrected chi connectivity index (χ2v) is 14.5. The van der Waals surface area contributed by atoms with Gasteiger partial charge in [0.2, 0.25) is 5.91 Å². The molecule has 0 spiro atoms. The molecule has 19 heteroatoms. The first kappa shape index (κ1) is 38.8. The Balaban J connectivity index is 1.56. The standard InChI is InChI=1S/C33H29F10N3O5S/c1-20(47)44-12-14-45(15-13-44)29(48)46-11-10-30(19-46,52(49,50)25-8-6-23(34)7-9-25)21-2-4-22(5-3-21)31(32(38,39)40,33(41,42)43)51-18-26-27(36)16-24(35)17-28(26)37/h2-9,16-17H,10-15,18-19H2,1H3. The summed E-state index contributed by atoms with van der Waals surface area (Å²) >= 11 is 0. The van der Waals surface area contributed by atoms with E-state index in [9.17, 15) is 61.9 Å². The summed E-state index contributed by atoms with van der Waals surface area (Å²) in [5, 5.41) is 0. The van der Waals surface area contributed by atoms with Gasteiger partial charge in [0, 0.05) is 69.5 Å². The Labute approximate surface area is 290 Å². The van der Waals surface area contributed by atoms with Crippen LogP contribution in [0.15, 0.2) is 65.6 Å². The van der Waals surface area contributed by atoms with Crippen LogP contribution in [0.5, 0.6) is 0 Å². The summed E-state index contributed by atoms with van der Waals surface area (Å²) in [4.78, 5) is 28.8. The van der Waals surface area contributed by atoms with E-state index in [1.807, 2.05) is 0 Å². The van der Waals surface area contributed by atoms with Gasteiger partial charge < -0.3 is 19.4 Å². The van der Waals surface area contributed by atoms with Crippen LogP contribution in [0.3, 0.4) is 0 Å². The van der Waals surface area contributed by atoms with E-state index in [1.54, 1.807) is 0 Å². The summed E-state index contributed by atoms with van der Waals surface area (Å²) in [6.45, 7) is -0.839. The van der Waals surface area contributed by atoms with Crippen molar-refractivity contribution in [1.29, 1.82) is 0 Å². The van der Waals surface area contributed by atoms with Gasteiger partial charge in [-0.25, -0.2) is 30.8 Å². The van der Waals surface area contributed by atoms with E-state index < -0.39 is 91.0 Å². The lowest BCUT2D eigenvalue weighted by Gasteiger charge is -2.38. The molecule has 1 atom stereocenters. The van der Waals surface area contributed by atoms with Gasteiger partial charge in [-0.2, -0.15) is 26.3 Å². The molecule has 2 saturated heterocycles. The summed E-state index contributed by atoms with van der Waals surface area (Å²) in [6, 6.07) is 4.96. The van der Waals surface area contributed by atoms with Crippen molar-refractivity contribution >= 4 is 21.8 Å². The highest BCUT2D eigenvalue weighted by Crippen LogP contribution is 2.54. The van der Waals surface area contributed by atoms with Gasteiger partial charge in [-0.15, -0.1) is 0 Å². The SMILES string of the molecule is CC(=O)N1CCN(C(=O)N2CCC(c3ccc(C(OCc4c(F)cc(F)cc4F)(C(F)(F)F)C(F)(F)F)cc3)(S(=O)(=O)c3ccc(F)cc3)C2)CC1. The van der Waals surface area contributed by atoms with Gasteiger partial charge in [0.25, 0.3) is 5.60 Å². The first-order valence-electron chi connectivity index (χ1n) is 15.5. The number of sulfone groups is 1. The highest BCUT2D eigenvalue weighted by molar-refractivity contribution is 7.92. The van der Waals surface area contributed by atoms with Crippen LogP contribution < -0.4 is 0 Å². The monoisotopic (exact) mass is 769 g/mol. The number of likely N-dealkylation sites (tertiary alicyclic amines) is 1. The van der Waals surface area contributed by atoms with E-state index in [2.05, 4.69) is 4.74 Å². The average Bonchev–Trinajstić information content (AvgIpc) is 3.52. The minimum Gasteiger partial charge on any atom is -0.349 e. The number of ether oxygens (including phenoxy) is 1. The molecule has 0 bridgehead atoms. The van der Waals surface area contributed by atoms with Gasteiger partial charge in [-0.05, 0) is 36.2 Å². The molecule has 1 unspecified atom stereocenters. The maximum Gasteiger partial charge on any atom is 0.430 e. The fourth-order valence-corrected chi connectivity index (χ4v) is 8.52. The number of hydrogen-bond acceptors (Lipinski definition) is 5. The predicted octanol–water partition coefficient (Wildman–Crippen LogP) is 6.44. The molecule has 2 fully saturated rings. The Bertz CT molecular complexity index is 1890. The normalized spacial score (nSPS) is 18.9. The first-order chi connectivity index (χ1) is 24.1. The van der Waals surface area contributed by atoms with E-state index in [1.165, 1.54) is 16.7 Å². The number of alkyl halides is 6. The number of carbonyl (C=O) groups is 2. The number of halogens is 10. The second-order valence-electron chi connectivity index (χ2n) is 12.3. The molecule has 2 heterocycles. The molecule has 8 nitrogen and oxygen atoms in total. The van der Waals surface area contributed by atoms with Gasteiger partial charge in [0.05, 0.1) is 11.5 Å². The van der Waals surface area contributed by atoms with Gasteiger partial charge in [0.15, 0.2) is 9.84 Å². The Hall–Kier alpha value is -4.39. The van der Waals surface area contributed by atoms with Gasteiger partial charge >= 0.3 is 18.4 Å². The van der Waals surface area contributed by atoms with E-state index in [4.69, 9.17) is 0 Å². The molecule has 52 heavy (non-hydrogen) atoms. The van der Waals surface area contributed by atoms with Crippen LogP contribution in [0, 0.1) is 23.3 Å². The van der Waals surface area contributed by atoms with Crippen LogP contribution in [0.2, 0.25) is 0 Å². The number of nitrogens with zero attached hydrogens (tertiary/aromatic N) is 3. The smallest absolute Gasteiger partial charge is 0.349 e. The Morgan fingerprint density at radius 1 is 0.731 bits per heavy atom. The van der Waals surface area contributed by atoms with Crippen LogP contribution in [0.25, 0.3) is 0 Å². The molecule has 0 aromatic heterocycles. The number of benzene rings is 3. The summed E-state index contributed by atoms with van der Waals surface area (Å²) < 4.78 is 174.